The minimum absolute atomic E-state index is 0. The molecule has 0 atom stereocenters. The lowest BCUT2D eigenvalue weighted by Crippen LogP contribution is -2.39. The number of hydrogen-bond donors (Lipinski definition) is 2. The summed E-state index contributed by atoms with van der Waals surface area (Å²) in [6.07, 6.45) is 0. The van der Waals surface area contributed by atoms with Crippen LogP contribution in [0.25, 0.3) is 0 Å². The van der Waals surface area contributed by atoms with Crippen LogP contribution in [-0.2, 0) is 0 Å². The van der Waals surface area contributed by atoms with Gasteiger partial charge in [-0.25, -0.2) is 0 Å². The van der Waals surface area contributed by atoms with Crippen molar-refractivity contribution in [2.24, 2.45) is 0 Å². The standard InChI is InChI=1S/C4H10N2.ClH.6H2O/c1-2-6-4-3-5-1;;;;;;;/h5-6H,1-4H2;1H;6*1H2. The van der Waals surface area contributed by atoms with Gasteiger partial charge in [0.2, 0.25) is 0 Å². The maximum Gasteiger partial charge on any atom is 0.00772 e. The molecule has 0 spiro atoms. The van der Waals surface area contributed by atoms with Gasteiger partial charge in [-0.1, -0.05) is 0 Å². The molecule has 92 valence electrons. The van der Waals surface area contributed by atoms with Crippen molar-refractivity contribution in [3.8, 4) is 0 Å². The molecule has 1 heterocycles. The van der Waals surface area contributed by atoms with Crippen molar-refractivity contribution in [1.29, 1.82) is 0 Å². The summed E-state index contributed by atoms with van der Waals surface area (Å²) < 4.78 is 0. The van der Waals surface area contributed by atoms with Gasteiger partial charge in [-0.3, -0.25) is 0 Å². The first-order valence-corrected chi connectivity index (χ1v) is 2.41. The summed E-state index contributed by atoms with van der Waals surface area (Å²) in [7, 11) is 0. The van der Waals surface area contributed by atoms with Crippen LogP contribution in [0.3, 0.4) is 0 Å². The molecule has 1 rings (SSSR count). The molecule has 1 saturated heterocycles. The van der Waals surface area contributed by atoms with E-state index in [9.17, 15) is 0 Å². The largest absolute Gasteiger partial charge is 0.412 e. The highest BCUT2D eigenvalue weighted by atomic mass is 35.5. The first-order chi connectivity index (χ1) is 3.00. The molecule has 0 aromatic carbocycles. The van der Waals surface area contributed by atoms with Crippen LogP contribution in [0, 0.1) is 0 Å². The fraction of sp³-hybridized carbons (Fsp3) is 1.00. The molecule has 0 aromatic rings. The van der Waals surface area contributed by atoms with E-state index in [2.05, 4.69) is 10.6 Å². The Kier molecular flexibility index (Phi) is 162. The van der Waals surface area contributed by atoms with Gasteiger partial charge in [-0.05, 0) is 0 Å². The van der Waals surface area contributed by atoms with Crippen molar-refractivity contribution in [2.75, 3.05) is 26.2 Å². The third kappa shape index (κ3) is 33.4. The summed E-state index contributed by atoms with van der Waals surface area (Å²) in [6.45, 7) is 4.56. The van der Waals surface area contributed by atoms with Gasteiger partial charge >= 0.3 is 0 Å². The number of halogens is 1. The van der Waals surface area contributed by atoms with Gasteiger partial charge in [-0.15, -0.1) is 12.4 Å². The summed E-state index contributed by atoms with van der Waals surface area (Å²) in [5.41, 5.74) is 0. The molecule has 14 N–H and O–H groups in total. The zero-order valence-corrected chi connectivity index (χ0v) is 8.05. The van der Waals surface area contributed by atoms with Crippen LogP contribution < -0.4 is 10.6 Å². The second kappa shape index (κ2) is 40.4. The molecule has 0 aliphatic carbocycles. The second-order valence-electron chi connectivity index (χ2n) is 1.50. The van der Waals surface area contributed by atoms with Crippen LogP contribution in [0.1, 0.15) is 0 Å². The lowest BCUT2D eigenvalue weighted by molar-refractivity contribution is 0.534. The van der Waals surface area contributed by atoms with Gasteiger partial charge in [0.1, 0.15) is 0 Å². The molecule has 0 aromatic heterocycles. The highest BCUT2D eigenvalue weighted by Crippen LogP contribution is 1.65. The molecule has 8 nitrogen and oxygen atoms in total. The average molecular weight is 231 g/mol. The van der Waals surface area contributed by atoms with Gasteiger partial charge in [-0.2, -0.15) is 0 Å². The van der Waals surface area contributed by atoms with Crippen LogP contribution >= 0.6 is 12.4 Å². The number of hydrogen-bond acceptors (Lipinski definition) is 2. The van der Waals surface area contributed by atoms with Gasteiger partial charge in [0, 0.05) is 26.2 Å². The van der Waals surface area contributed by atoms with Gasteiger partial charge < -0.3 is 43.5 Å². The summed E-state index contributed by atoms with van der Waals surface area (Å²) in [5.74, 6) is 0. The average Bonchev–Trinajstić information content (AvgIpc) is 1.72. The quantitative estimate of drug-likeness (QED) is 0.417. The third-order valence-corrected chi connectivity index (χ3v) is 0.957. The molecule has 1 fully saturated rings. The van der Waals surface area contributed by atoms with E-state index in [-0.39, 0.29) is 45.3 Å². The summed E-state index contributed by atoms with van der Waals surface area (Å²) in [4.78, 5) is 0. The smallest absolute Gasteiger partial charge is 0.00772 e. The second-order valence-corrected chi connectivity index (χ2v) is 1.50. The molecule has 9 heteroatoms. The van der Waals surface area contributed by atoms with Gasteiger partial charge in [0.15, 0.2) is 0 Å². The lowest BCUT2D eigenvalue weighted by atomic mass is 10.4. The SMILES string of the molecule is C1CNCCN1.Cl.O.O.O.O.O.O. The Labute approximate surface area is 83.0 Å². The van der Waals surface area contributed by atoms with Crippen LogP contribution in [-0.4, -0.2) is 59.0 Å². The molecule has 0 unspecified atom stereocenters. The predicted octanol–water partition coefficient (Wildman–Crippen LogP) is -5.35. The summed E-state index contributed by atoms with van der Waals surface area (Å²) in [5, 5.41) is 6.44. The van der Waals surface area contributed by atoms with Crippen molar-refractivity contribution >= 4 is 12.4 Å². The van der Waals surface area contributed by atoms with Gasteiger partial charge in [0.25, 0.3) is 0 Å². The van der Waals surface area contributed by atoms with Crippen molar-refractivity contribution < 1.29 is 32.9 Å². The zero-order chi connectivity index (χ0) is 4.24. The minimum atomic E-state index is 0. The van der Waals surface area contributed by atoms with Crippen molar-refractivity contribution in [2.45, 2.75) is 0 Å². The molecule has 0 bridgehead atoms. The van der Waals surface area contributed by atoms with E-state index in [1.807, 2.05) is 0 Å². The Bertz CT molecular complexity index is 38.1. The normalized spacial score (nSPS) is 11.1. The van der Waals surface area contributed by atoms with Crippen molar-refractivity contribution in [3.63, 3.8) is 0 Å². The molecule has 0 saturated carbocycles. The monoisotopic (exact) mass is 230 g/mol. The van der Waals surface area contributed by atoms with Crippen LogP contribution in [0.5, 0.6) is 0 Å². The van der Waals surface area contributed by atoms with E-state index >= 15 is 0 Å². The van der Waals surface area contributed by atoms with Crippen molar-refractivity contribution in [1.82, 2.24) is 10.6 Å². The zero-order valence-electron chi connectivity index (χ0n) is 7.24. The minimum Gasteiger partial charge on any atom is -0.412 e. The predicted molar refractivity (Wildman–Crippen MR) is 54.7 cm³/mol. The van der Waals surface area contributed by atoms with Crippen LogP contribution in [0.4, 0.5) is 0 Å². The Morgan fingerprint density at radius 3 is 0.692 bits per heavy atom. The molecular weight excluding hydrogens is 208 g/mol. The van der Waals surface area contributed by atoms with E-state index in [4.69, 9.17) is 0 Å². The lowest BCUT2D eigenvalue weighted by Gasteiger charge is -2.11. The molecule has 13 heavy (non-hydrogen) atoms. The third-order valence-electron chi connectivity index (χ3n) is 0.957. The van der Waals surface area contributed by atoms with Crippen LogP contribution in [0.2, 0.25) is 0 Å². The molecule has 1 aliphatic heterocycles. The van der Waals surface area contributed by atoms with Crippen molar-refractivity contribution in [3.05, 3.63) is 0 Å². The topological polar surface area (TPSA) is 213 Å². The van der Waals surface area contributed by atoms with E-state index in [0.29, 0.717) is 0 Å². The molecule has 1 aliphatic rings. The van der Waals surface area contributed by atoms with Crippen LogP contribution in [0.15, 0.2) is 0 Å². The Morgan fingerprint density at radius 2 is 0.615 bits per heavy atom. The fourth-order valence-corrected chi connectivity index (χ4v) is 0.604. The van der Waals surface area contributed by atoms with E-state index in [1.54, 1.807) is 0 Å². The molecule has 0 radical (unpaired) electrons. The molecule has 0 amide bonds. The maximum atomic E-state index is 3.22. The number of piperazine rings is 1. The number of nitrogens with one attached hydrogen (secondary N) is 2. The number of rotatable bonds is 0. The Morgan fingerprint density at radius 1 is 0.462 bits per heavy atom. The van der Waals surface area contributed by atoms with Gasteiger partial charge in [0.05, 0.1) is 0 Å². The van der Waals surface area contributed by atoms with E-state index in [1.165, 1.54) is 0 Å². The summed E-state index contributed by atoms with van der Waals surface area (Å²) >= 11 is 0. The highest BCUT2D eigenvalue weighted by Gasteiger charge is 1.91. The fourth-order valence-electron chi connectivity index (χ4n) is 0.604. The first-order valence-electron chi connectivity index (χ1n) is 2.41. The highest BCUT2D eigenvalue weighted by molar-refractivity contribution is 5.85. The Hall–Kier alpha value is -0.0300. The van der Waals surface area contributed by atoms with E-state index in [0.717, 1.165) is 26.2 Å². The van der Waals surface area contributed by atoms with E-state index < -0.39 is 0 Å². The summed E-state index contributed by atoms with van der Waals surface area (Å²) in [6, 6.07) is 0. The molecular formula is C4H23ClN2O6. The first kappa shape index (κ1) is 52.1. The Balaban J connectivity index is -0.0000000103. The maximum absolute atomic E-state index is 3.22.